The highest BCUT2D eigenvalue weighted by atomic mass is 15.4. The van der Waals surface area contributed by atoms with E-state index in [0.717, 1.165) is 35.3 Å². The molecular weight excluding hydrogens is 236 g/mol. The van der Waals surface area contributed by atoms with Gasteiger partial charge in [0.1, 0.15) is 5.52 Å². The number of nitrogens with zero attached hydrogens (tertiary/aromatic N) is 4. The van der Waals surface area contributed by atoms with Crippen molar-refractivity contribution in [2.45, 2.75) is 26.7 Å². The highest BCUT2D eigenvalue weighted by Crippen LogP contribution is 2.17. The molecule has 3 aromatic rings. The molecule has 0 N–H and O–H groups in total. The van der Waals surface area contributed by atoms with Gasteiger partial charge in [-0.2, -0.15) is 0 Å². The SMILES string of the molecule is CCCc1ncc(-n2nnc3ccccc32)cc1C. The van der Waals surface area contributed by atoms with Crippen LogP contribution in [0.25, 0.3) is 16.7 Å². The second-order valence-corrected chi connectivity index (χ2v) is 4.70. The molecule has 0 fully saturated rings. The number of aryl methyl sites for hydroxylation is 2. The largest absolute Gasteiger partial charge is 0.259 e. The van der Waals surface area contributed by atoms with E-state index >= 15 is 0 Å². The van der Waals surface area contributed by atoms with Crippen molar-refractivity contribution >= 4 is 11.0 Å². The molecule has 0 saturated carbocycles. The number of fused-ring (bicyclic) bond motifs is 1. The van der Waals surface area contributed by atoms with Gasteiger partial charge in [-0.05, 0) is 37.1 Å². The van der Waals surface area contributed by atoms with Gasteiger partial charge in [-0.1, -0.05) is 30.7 Å². The summed E-state index contributed by atoms with van der Waals surface area (Å²) in [6, 6.07) is 10.1. The van der Waals surface area contributed by atoms with Crippen LogP contribution in [0.1, 0.15) is 24.6 Å². The van der Waals surface area contributed by atoms with Crippen molar-refractivity contribution in [2.75, 3.05) is 0 Å². The topological polar surface area (TPSA) is 43.6 Å². The molecular formula is C15H16N4. The van der Waals surface area contributed by atoms with Gasteiger partial charge in [-0.3, -0.25) is 4.98 Å². The Morgan fingerprint density at radius 1 is 1.21 bits per heavy atom. The minimum absolute atomic E-state index is 0.901. The summed E-state index contributed by atoms with van der Waals surface area (Å²) in [5, 5.41) is 8.38. The fourth-order valence-electron chi connectivity index (χ4n) is 2.26. The summed E-state index contributed by atoms with van der Waals surface area (Å²) < 4.78 is 1.84. The van der Waals surface area contributed by atoms with Crippen molar-refractivity contribution in [1.29, 1.82) is 0 Å². The third-order valence-corrected chi connectivity index (χ3v) is 3.26. The fourth-order valence-corrected chi connectivity index (χ4v) is 2.26. The molecule has 0 aliphatic carbocycles. The average Bonchev–Trinajstić information content (AvgIpc) is 2.85. The Kier molecular flexibility index (Phi) is 2.99. The molecule has 3 rings (SSSR count). The minimum Gasteiger partial charge on any atom is -0.259 e. The van der Waals surface area contributed by atoms with Crippen molar-refractivity contribution in [3.05, 3.63) is 47.8 Å². The first-order valence-electron chi connectivity index (χ1n) is 6.56. The summed E-state index contributed by atoms with van der Waals surface area (Å²) >= 11 is 0. The van der Waals surface area contributed by atoms with Gasteiger partial charge >= 0.3 is 0 Å². The van der Waals surface area contributed by atoms with Crippen molar-refractivity contribution in [1.82, 2.24) is 20.0 Å². The zero-order valence-electron chi connectivity index (χ0n) is 11.2. The summed E-state index contributed by atoms with van der Waals surface area (Å²) in [5.74, 6) is 0. The summed E-state index contributed by atoms with van der Waals surface area (Å²) in [6.45, 7) is 4.26. The lowest BCUT2D eigenvalue weighted by molar-refractivity contribution is 0.809. The van der Waals surface area contributed by atoms with E-state index in [-0.39, 0.29) is 0 Å². The second kappa shape index (κ2) is 4.80. The number of hydrogen-bond donors (Lipinski definition) is 0. The van der Waals surface area contributed by atoms with E-state index in [1.54, 1.807) is 0 Å². The van der Waals surface area contributed by atoms with E-state index in [2.05, 4.69) is 35.2 Å². The Morgan fingerprint density at radius 2 is 2.05 bits per heavy atom. The summed E-state index contributed by atoms with van der Waals surface area (Å²) in [4.78, 5) is 4.54. The molecule has 0 amide bonds. The van der Waals surface area contributed by atoms with Crippen LogP contribution in [-0.4, -0.2) is 20.0 Å². The highest BCUT2D eigenvalue weighted by molar-refractivity contribution is 5.75. The quantitative estimate of drug-likeness (QED) is 0.719. The molecule has 96 valence electrons. The third-order valence-electron chi connectivity index (χ3n) is 3.26. The lowest BCUT2D eigenvalue weighted by Crippen LogP contribution is -2.01. The van der Waals surface area contributed by atoms with Gasteiger partial charge in [0.2, 0.25) is 0 Å². The van der Waals surface area contributed by atoms with Gasteiger partial charge in [0.25, 0.3) is 0 Å². The van der Waals surface area contributed by atoms with Gasteiger partial charge in [-0.15, -0.1) is 5.10 Å². The number of para-hydroxylation sites is 1. The fraction of sp³-hybridized carbons (Fsp3) is 0.267. The minimum atomic E-state index is 0.901. The van der Waals surface area contributed by atoms with Crippen LogP contribution < -0.4 is 0 Å². The number of hydrogen-bond acceptors (Lipinski definition) is 3. The molecule has 0 aliphatic heterocycles. The van der Waals surface area contributed by atoms with Crippen LogP contribution >= 0.6 is 0 Å². The molecule has 4 nitrogen and oxygen atoms in total. The van der Waals surface area contributed by atoms with Gasteiger partial charge in [0.05, 0.1) is 17.4 Å². The average molecular weight is 252 g/mol. The predicted molar refractivity (Wildman–Crippen MR) is 75.4 cm³/mol. The molecule has 0 bridgehead atoms. The Morgan fingerprint density at radius 3 is 2.84 bits per heavy atom. The van der Waals surface area contributed by atoms with E-state index in [0.29, 0.717) is 0 Å². The first-order valence-corrected chi connectivity index (χ1v) is 6.56. The van der Waals surface area contributed by atoms with E-state index in [9.17, 15) is 0 Å². The Labute approximate surface area is 112 Å². The maximum Gasteiger partial charge on any atom is 0.113 e. The van der Waals surface area contributed by atoms with Crippen LogP contribution in [0, 0.1) is 6.92 Å². The van der Waals surface area contributed by atoms with Gasteiger partial charge < -0.3 is 0 Å². The monoisotopic (exact) mass is 252 g/mol. The Bertz CT molecular complexity index is 715. The molecule has 2 aromatic heterocycles. The maximum absolute atomic E-state index is 4.54. The van der Waals surface area contributed by atoms with Crippen LogP contribution in [0.5, 0.6) is 0 Å². The van der Waals surface area contributed by atoms with Crippen molar-refractivity contribution in [3.63, 3.8) is 0 Å². The first kappa shape index (κ1) is 11.8. The standard InChI is InChI=1S/C15H16N4/c1-3-6-13-11(2)9-12(10-16-13)19-15-8-5-4-7-14(15)17-18-19/h4-5,7-10H,3,6H2,1-2H3. The molecule has 0 aliphatic rings. The highest BCUT2D eigenvalue weighted by Gasteiger charge is 2.07. The summed E-state index contributed by atoms with van der Waals surface area (Å²) in [6.07, 6.45) is 4.00. The molecule has 0 spiro atoms. The molecule has 0 unspecified atom stereocenters. The smallest absolute Gasteiger partial charge is 0.113 e. The molecule has 4 heteroatoms. The summed E-state index contributed by atoms with van der Waals surface area (Å²) in [7, 11) is 0. The van der Waals surface area contributed by atoms with E-state index in [1.165, 1.54) is 5.56 Å². The molecule has 0 saturated heterocycles. The lowest BCUT2D eigenvalue weighted by atomic mass is 10.1. The van der Waals surface area contributed by atoms with Gasteiger partial charge in [0, 0.05) is 5.69 Å². The number of pyridine rings is 1. The zero-order chi connectivity index (χ0) is 13.2. The van der Waals surface area contributed by atoms with Crippen LogP contribution in [0.3, 0.4) is 0 Å². The number of aromatic nitrogens is 4. The Hall–Kier alpha value is -2.23. The zero-order valence-corrected chi connectivity index (χ0v) is 11.2. The van der Waals surface area contributed by atoms with E-state index in [4.69, 9.17) is 0 Å². The van der Waals surface area contributed by atoms with E-state index in [1.807, 2.05) is 35.1 Å². The van der Waals surface area contributed by atoms with Gasteiger partial charge in [0.15, 0.2) is 0 Å². The predicted octanol–water partition coefficient (Wildman–Crippen LogP) is 3.08. The maximum atomic E-state index is 4.54. The van der Waals surface area contributed by atoms with Crippen molar-refractivity contribution in [3.8, 4) is 5.69 Å². The van der Waals surface area contributed by atoms with Crippen LogP contribution in [0.15, 0.2) is 36.5 Å². The van der Waals surface area contributed by atoms with E-state index < -0.39 is 0 Å². The molecule has 0 radical (unpaired) electrons. The summed E-state index contributed by atoms with van der Waals surface area (Å²) in [5.41, 5.74) is 5.24. The van der Waals surface area contributed by atoms with Crippen LogP contribution in [-0.2, 0) is 6.42 Å². The normalized spacial score (nSPS) is 11.1. The van der Waals surface area contributed by atoms with Crippen molar-refractivity contribution in [2.24, 2.45) is 0 Å². The molecule has 19 heavy (non-hydrogen) atoms. The third kappa shape index (κ3) is 2.10. The van der Waals surface area contributed by atoms with Gasteiger partial charge in [-0.25, -0.2) is 4.68 Å². The molecule has 1 aromatic carbocycles. The Balaban J connectivity index is 2.09. The lowest BCUT2D eigenvalue weighted by Gasteiger charge is -2.07. The van der Waals surface area contributed by atoms with Crippen LogP contribution in [0.4, 0.5) is 0 Å². The van der Waals surface area contributed by atoms with Crippen molar-refractivity contribution < 1.29 is 0 Å². The first-order chi connectivity index (χ1) is 9.29. The second-order valence-electron chi connectivity index (χ2n) is 4.70. The number of rotatable bonds is 3. The molecule has 0 atom stereocenters. The molecule has 2 heterocycles. The van der Waals surface area contributed by atoms with Crippen LogP contribution in [0.2, 0.25) is 0 Å². The number of benzene rings is 1.